The van der Waals surface area contributed by atoms with Crippen LogP contribution in [-0.4, -0.2) is 29.5 Å². The first-order valence-corrected chi connectivity index (χ1v) is 6.46. The third-order valence-corrected chi connectivity index (χ3v) is 3.07. The van der Waals surface area contributed by atoms with Crippen molar-refractivity contribution in [2.45, 2.75) is 47.2 Å². The molecule has 0 aromatic carbocycles. The normalized spacial score (nSPS) is 13.0. The van der Waals surface area contributed by atoms with Gasteiger partial charge in [0.05, 0.1) is 12.3 Å². The highest BCUT2D eigenvalue weighted by Gasteiger charge is 2.16. The quantitative estimate of drug-likeness (QED) is 0.741. The van der Waals surface area contributed by atoms with Crippen LogP contribution < -0.4 is 5.32 Å². The van der Waals surface area contributed by atoms with Crippen LogP contribution in [0.4, 0.5) is 0 Å². The molecule has 1 unspecified atom stereocenters. The van der Waals surface area contributed by atoms with Gasteiger partial charge in [-0.05, 0) is 34.6 Å². The fourth-order valence-electron chi connectivity index (χ4n) is 2.24. The Hall–Kier alpha value is -0.870. The molecule has 4 heteroatoms. The molecule has 0 fully saturated rings. The first kappa shape index (κ1) is 14.2. The number of hydrogen-bond donors (Lipinski definition) is 1. The molecule has 4 nitrogen and oxygen atoms in total. The van der Waals surface area contributed by atoms with Crippen molar-refractivity contribution in [3.05, 3.63) is 17.0 Å². The Bertz CT molecular complexity index is 347. The second-order valence-corrected chi connectivity index (χ2v) is 4.27. The highest BCUT2D eigenvalue weighted by molar-refractivity contribution is 5.27. The molecular weight excluding hydrogens is 214 g/mol. The van der Waals surface area contributed by atoms with Crippen LogP contribution in [0, 0.1) is 13.8 Å². The van der Waals surface area contributed by atoms with Gasteiger partial charge >= 0.3 is 0 Å². The molecule has 1 atom stereocenters. The van der Waals surface area contributed by atoms with E-state index in [1.54, 1.807) is 0 Å². The van der Waals surface area contributed by atoms with Crippen LogP contribution in [0.1, 0.15) is 43.8 Å². The van der Waals surface area contributed by atoms with Gasteiger partial charge in [0.2, 0.25) is 0 Å². The Kier molecular flexibility index (Phi) is 5.65. The van der Waals surface area contributed by atoms with E-state index in [2.05, 4.69) is 42.8 Å². The zero-order valence-corrected chi connectivity index (χ0v) is 11.7. The lowest BCUT2D eigenvalue weighted by atomic mass is 10.1. The average Bonchev–Trinajstić information content (AvgIpc) is 2.59. The number of nitrogens with one attached hydrogen (secondary N) is 1. The number of nitrogens with zero attached hydrogens (tertiary/aromatic N) is 2. The van der Waals surface area contributed by atoms with Crippen LogP contribution in [0.2, 0.25) is 0 Å². The molecular formula is C13H25N3O. The Morgan fingerprint density at radius 3 is 2.59 bits per heavy atom. The monoisotopic (exact) mass is 239 g/mol. The highest BCUT2D eigenvalue weighted by atomic mass is 16.5. The summed E-state index contributed by atoms with van der Waals surface area (Å²) in [6.45, 7) is 13.9. The predicted molar refractivity (Wildman–Crippen MR) is 70.3 cm³/mol. The van der Waals surface area contributed by atoms with E-state index in [4.69, 9.17) is 4.74 Å². The summed E-state index contributed by atoms with van der Waals surface area (Å²) in [6.07, 6.45) is 0. The SMILES string of the molecule is CCOCCNC(C)c1c(C)nn(CC)c1C. The van der Waals surface area contributed by atoms with Crippen LogP contribution in [-0.2, 0) is 11.3 Å². The van der Waals surface area contributed by atoms with Gasteiger partial charge in [-0.15, -0.1) is 0 Å². The van der Waals surface area contributed by atoms with Gasteiger partial charge in [0.25, 0.3) is 0 Å². The minimum atomic E-state index is 0.329. The summed E-state index contributed by atoms with van der Waals surface area (Å²) in [7, 11) is 0. The van der Waals surface area contributed by atoms with E-state index in [0.29, 0.717) is 6.04 Å². The fourth-order valence-corrected chi connectivity index (χ4v) is 2.24. The van der Waals surface area contributed by atoms with Crippen molar-refractivity contribution < 1.29 is 4.74 Å². The Morgan fingerprint density at radius 1 is 1.35 bits per heavy atom. The lowest BCUT2D eigenvalue weighted by Crippen LogP contribution is -2.24. The second kappa shape index (κ2) is 6.77. The summed E-state index contributed by atoms with van der Waals surface area (Å²) in [5.41, 5.74) is 3.71. The van der Waals surface area contributed by atoms with Crippen molar-refractivity contribution in [1.82, 2.24) is 15.1 Å². The number of hydrogen-bond acceptors (Lipinski definition) is 3. The minimum Gasteiger partial charge on any atom is -0.380 e. The smallest absolute Gasteiger partial charge is 0.0644 e. The summed E-state index contributed by atoms with van der Waals surface area (Å²) in [6, 6.07) is 0.329. The van der Waals surface area contributed by atoms with Crippen molar-refractivity contribution in [2.24, 2.45) is 0 Å². The van der Waals surface area contributed by atoms with E-state index in [0.717, 1.165) is 32.0 Å². The molecule has 1 rings (SSSR count). The number of aryl methyl sites for hydroxylation is 2. The summed E-state index contributed by atoms with van der Waals surface area (Å²) in [5.74, 6) is 0. The van der Waals surface area contributed by atoms with Crippen LogP contribution in [0.5, 0.6) is 0 Å². The summed E-state index contributed by atoms with van der Waals surface area (Å²) in [4.78, 5) is 0. The van der Waals surface area contributed by atoms with Gasteiger partial charge in [0.15, 0.2) is 0 Å². The molecule has 1 aromatic rings. The number of rotatable bonds is 7. The highest BCUT2D eigenvalue weighted by Crippen LogP contribution is 2.20. The van der Waals surface area contributed by atoms with Crippen LogP contribution in [0.3, 0.4) is 0 Å². The Labute approximate surface area is 104 Å². The van der Waals surface area contributed by atoms with E-state index in [1.165, 1.54) is 11.3 Å². The molecule has 0 saturated heterocycles. The first-order valence-electron chi connectivity index (χ1n) is 6.46. The third kappa shape index (κ3) is 3.54. The molecule has 0 amide bonds. The summed E-state index contributed by atoms with van der Waals surface area (Å²) >= 11 is 0. The molecule has 17 heavy (non-hydrogen) atoms. The van der Waals surface area contributed by atoms with Gasteiger partial charge in [-0.3, -0.25) is 4.68 Å². The maximum atomic E-state index is 5.32. The van der Waals surface area contributed by atoms with Gasteiger partial charge in [-0.1, -0.05) is 0 Å². The standard InChI is InChI=1S/C13H25N3O/c1-6-16-12(5)13(11(4)15-16)10(3)14-8-9-17-7-2/h10,14H,6-9H2,1-5H3. The average molecular weight is 239 g/mol. The van der Waals surface area contributed by atoms with Crippen LogP contribution in [0.15, 0.2) is 0 Å². The van der Waals surface area contributed by atoms with Crippen molar-refractivity contribution in [3.63, 3.8) is 0 Å². The molecule has 1 N–H and O–H groups in total. The molecule has 0 aliphatic rings. The van der Waals surface area contributed by atoms with Gasteiger partial charge in [0, 0.05) is 37.0 Å². The van der Waals surface area contributed by atoms with Gasteiger partial charge in [-0.2, -0.15) is 5.10 Å². The number of ether oxygens (including phenoxy) is 1. The van der Waals surface area contributed by atoms with Gasteiger partial charge in [-0.25, -0.2) is 0 Å². The molecule has 0 spiro atoms. The maximum absolute atomic E-state index is 5.32. The van der Waals surface area contributed by atoms with E-state index in [9.17, 15) is 0 Å². The predicted octanol–water partition coefficient (Wildman–Crippen LogP) is 2.21. The van der Waals surface area contributed by atoms with Crippen molar-refractivity contribution in [2.75, 3.05) is 19.8 Å². The lowest BCUT2D eigenvalue weighted by Gasteiger charge is -2.14. The van der Waals surface area contributed by atoms with Crippen molar-refractivity contribution >= 4 is 0 Å². The van der Waals surface area contributed by atoms with Crippen LogP contribution in [0.25, 0.3) is 0 Å². The van der Waals surface area contributed by atoms with E-state index >= 15 is 0 Å². The third-order valence-electron chi connectivity index (χ3n) is 3.07. The zero-order chi connectivity index (χ0) is 12.8. The summed E-state index contributed by atoms with van der Waals surface area (Å²) in [5, 5.41) is 8.01. The molecule has 0 aliphatic heterocycles. The van der Waals surface area contributed by atoms with Gasteiger partial charge < -0.3 is 10.1 Å². The molecule has 0 radical (unpaired) electrons. The minimum absolute atomic E-state index is 0.329. The molecule has 1 heterocycles. The molecule has 0 aliphatic carbocycles. The maximum Gasteiger partial charge on any atom is 0.0644 e. The molecule has 98 valence electrons. The molecule has 1 aromatic heterocycles. The second-order valence-electron chi connectivity index (χ2n) is 4.27. The van der Waals surface area contributed by atoms with Crippen molar-refractivity contribution in [1.29, 1.82) is 0 Å². The van der Waals surface area contributed by atoms with E-state index < -0.39 is 0 Å². The largest absolute Gasteiger partial charge is 0.380 e. The topological polar surface area (TPSA) is 39.1 Å². The van der Waals surface area contributed by atoms with Crippen LogP contribution >= 0.6 is 0 Å². The Morgan fingerprint density at radius 2 is 2.06 bits per heavy atom. The Balaban J connectivity index is 2.62. The first-order chi connectivity index (χ1) is 8.11. The lowest BCUT2D eigenvalue weighted by molar-refractivity contribution is 0.147. The number of aromatic nitrogens is 2. The van der Waals surface area contributed by atoms with E-state index in [-0.39, 0.29) is 0 Å². The summed E-state index contributed by atoms with van der Waals surface area (Å²) < 4.78 is 7.38. The molecule has 0 bridgehead atoms. The fraction of sp³-hybridized carbons (Fsp3) is 0.769. The van der Waals surface area contributed by atoms with Crippen molar-refractivity contribution in [3.8, 4) is 0 Å². The van der Waals surface area contributed by atoms with E-state index in [1.807, 2.05) is 6.92 Å². The van der Waals surface area contributed by atoms with Gasteiger partial charge in [0.1, 0.15) is 0 Å². The zero-order valence-electron chi connectivity index (χ0n) is 11.7. The molecule has 0 saturated carbocycles.